The number of methoxy groups -OCH3 is 1. The molecule has 0 N–H and O–H groups in total. The molecule has 0 atom stereocenters. The minimum atomic E-state index is -0.499. The topological polar surface area (TPSA) is 47.9 Å². The van der Waals surface area contributed by atoms with Gasteiger partial charge in [-0.3, -0.25) is 0 Å². The monoisotopic (exact) mass is 275 g/mol. The summed E-state index contributed by atoms with van der Waals surface area (Å²) in [5, 5.41) is 0. The minimum absolute atomic E-state index is 0.0312. The first-order chi connectivity index (χ1) is 9.63. The lowest BCUT2D eigenvalue weighted by Crippen LogP contribution is -2.21. The van der Waals surface area contributed by atoms with E-state index in [0.717, 1.165) is 31.2 Å². The van der Waals surface area contributed by atoms with Crippen molar-refractivity contribution in [2.75, 3.05) is 7.11 Å². The Bertz CT molecular complexity index is 512. The van der Waals surface area contributed by atoms with Crippen LogP contribution in [0.4, 0.5) is 0 Å². The molecule has 0 aromatic heterocycles. The number of carbonyl (C=O) groups excluding carboxylic acids is 1. The van der Waals surface area contributed by atoms with Gasteiger partial charge in [0.2, 0.25) is 6.08 Å². The first kappa shape index (κ1) is 14.6. The molecule has 0 spiro atoms. The lowest BCUT2D eigenvalue weighted by Gasteiger charge is -2.27. The zero-order valence-corrected chi connectivity index (χ0v) is 12.3. The molecule has 1 aromatic rings. The van der Waals surface area contributed by atoms with Crippen molar-refractivity contribution < 1.29 is 14.3 Å². The van der Waals surface area contributed by atoms with Gasteiger partial charge in [0.05, 0.1) is 13.2 Å². The normalized spacial score (nSPS) is 16.8. The van der Waals surface area contributed by atoms with Crippen LogP contribution < -0.4 is 9.47 Å². The van der Waals surface area contributed by atoms with Gasteiger partial charge in [-0.1, -0.05) is 25.0 Å². The Kier molecular flexibility index (Phi) is 4.46. The highest BCUT2D eigenvalue weighted by Gasteiger charge is 2.39. The third-order valence-electron chi connectivity index (χ3n) is 3.74. The summed E-state index contributed by atoms with van der Waals surface area (Å²) in [4.78, 5) is 15.0. The molecule has 0 aliphatic heterocycles. The highest BCUT2D eigenvalue weighted by atomic mass is 16.5. The van der Waals surface area contributed by atoms with Crippen LogP contribution in [0.3, 0.4) is 0 Å². The second-order valence-electron chi connectivity index (χ2n) is 5.45. The summed E-state index contributed by atoms with van der Waals surface area (Å²) in [5.74, 6) is 1.38. The van der Waals surface area contributed by atoms with Gasteiger partial charge < -0.3 is 9.47 Å². The van der Waals surface area contributed by atoms with Crippen molar-refractivity contribution >= 4 is 6.08 Å². The number of rotatable bonds is 5. The van der Waals surface area contributed by atoms with Gasteiger partial charge in [-0.2, -0.15) is 4.99 Å². The van der Waals surface area contributed by atoms with Crippen molar-refractivity contribution in [3.63, 3.8) is 0 Å². The zero-order valence-electron chi connectivity index (χ0n) is 12.3. The number of aliphatic imine (C=N–C) groups is 1. The molecule has 108 valence electrons. The van der Waals surface area contributed by atoms with Crippen molar-refractivity contribution in [2.45, 2.75) is 51.2 Å². The molecule has 0 amide bonds. The maximum Gasteiger partial charge on any atom is 0.235 e. The number of hydrogen-bond donors (Lipinski definition) is 0. The Balaban J connectivity index is 2.56. The highest BCUT2D eigenvalue weighted by Crippen LogP contribution is 2.48. The van der Waals surface area contributed by atoms with Gasteiger partial charge in [0.15, 0.2) is 11.5 Å². The zero-order chi connectivity index (χ0) is 14.6. The largest absolute Gasteiger partial charge is 0.493 e. The molecule has 0 radical (unpaired) electrons. The van der Waals surface area contributed by atoms with Crippen LogP contribution in [0.15, 0.2) is 23.2 Å². The molecule has 4 nitrogen and oxygen atoms in total. The number of para-hydroxylation sites is 1. The average molecular weight is 275 g/mol. The average Bonchev–Trinajstić information content (AvgIpc) is 2.88. The molecule has 1 aliphatic rings. The van der Waals surface area contributed by atoms with Crippen LogP contribution in [0.5, 0.6) is 11.5 Å². The molecule has 0 unspecified atom stereocenters. The number of hydrogen-bond acceptors (Lipinski definition) is 4. The van der Waals surface area contributed by atoms with E-state index in [1.54, 1.807) is 13.2 Å². The van der Waals surface area contributed by atoms with Gasteiger partial charge in [-0.25, -0.2) is 4.79 Å². The third kappa shape index (κ3) is 2.70. The van der Waals surface area contributed by atoms with Crippen molar-refractivity contribution in [3.05, 3.63) is 23.8 Å². The van der Waals surface area contributed by atoms with E-state index in [2.05, 4.69) is 4.99 Å². The maximum absolute atomic E-state index is 10.9. The van der Waals surface area contributed by atoms with E-state index in [4.69, 9.17) is 9.47 Å². The van der Waals surface area contributed by atoms with Gasteiger partial charge in [0.1, 0.15) is 5.54 Å². The molecule has 1 saturated carbocycles. The molecule has 20 heavy (non-hydrogen) atoms. The number of ether oxygens (including phenoxy) is 2. The van der Waals surface area contributed by atoms with Crippen LogP contribution >= 0.6 is 0 Å². The Morgan fingerprint density at radius 1 is 1.30 bits per heavy atom. The summed E-state index contributed by atoms with van der Waals surface area (Å²) in [5.41, 5.74) is 0.437. The fourth-order valence-corrected chi connectivity index (χ4v) is 2.89. The van der Waals surface area contributed by atoms with Gasteiger partial charge in [0, 0.05) is 5.56 Å². The van der Waals surface area contributed by atoms with Crippen molar-refractivity contribution in [1.29, 1.82) is 0 Å². The van der Waals surface area contributed by atoms with E-state index in [1.807, 2.05) is 32.0 Å². The predicted octanol–water partition coefficient (Wildman–Crippen LogP) is 3.59. The van der Waals surface area contributed by atoms with E-state index < -0.39 is 5.54 Å². The first-order valence-corrected chi connectivity index (χ1v) is 7.06. The standard InChI is InChI=1S/C16H21NO3/c1-12(2)20-15-13(7-6-8-14(15)19-3)16(17-11-18)9-4-5-10-16/h6-8,12H,4-5,9-10H2,1-3H3. The Morgan fingerprint density at radius 3 is 2.55 bits per heavy atom. The van der Waals surface area contributed by atoms with Crippen LogP contribution in [0, 0.1) is 0 Å². The molecule has 1 aliphatic carbocycles. The van der Waals surface area contributed by atoms with E-state index in [1.165, 1.54) is 0 Å². The molecule has 1 aromatic carbocycles. The minimum Gasteiger partial charge on any atom is -0.493 e. The molecule has 2 rings (SSSR count). The van der Waals surface area contributed by atoms with Gasteiger partial charge in [-0.15, -0.1) is 0 Å². The molecule has 0 heterocycles. The molecule has 0 saturated heterocycles. The van der Waals surface area contributed by atoms with Gasteiger partial charge >= 0.3 is 0 Å². The summed E-state index contributed by atoms with van der Waals surface area (Å²) in [7, 11) is 1.62. The SMILES string of the molecule is COc1cccc(C2(N=C=O)CCCC2)c1OC(C)C. The molecular weight excluding hydrogens is 254 g/mol. The molecular formula is C16H21NO3. The summed E-state index contributed by atoms with van der Waals surface area (Å²) in [6, 6.07) is 5.77. The van der Waals surface area contributed by atoms with Crippen molar-refractivity contribution in [2.24, 2.45) is 4.99 Å². The Labute approximate surface area is 119 Å². The number of isocyanates is 1. The second-order valence-corrected chi connectivity index (χ2v) is 5.45. The summed E-state index contributed by atoms with van der Waals surface area (Å²) < 4.78 is 11.3. The fourth-order valence-electron chi connectivity index (χ4n) is 2.89. The van der Waals surface area contributed by atoms with Crippen LogP contribution in [0.25, 0.3) is 0 Å². The molecule has 4 heteroatoms. The van der Waals surface area contributed by atoms with Crippen LogP contribution in [-0.2, 0) is 10.3 Å². The van der Waals surface area contributed by atoms with Crippen molar-refractivity contribution in [1.82, 2.24) is 0 Å². The van der Waals surface area contributed by atoms with E-state index in [-0.39, 0.29) is 6.10 Å². The lowest BCUT2D eigenvalue weighted by atomic mass is 9.88. The maximum atomic E-state index is 10.9. The van der Waals surface area contributed by atoms with Gasteiger partial charge in [-0.05, 0) is 32.8 Å². The van der Waals surface area contributed by atoms with Crippen LogP contribution in [-0.4, -0.2) is 19.3 Å². The summed E-state index contributed by atoms with van der Waals surface area (Å²) in [6.45, 7) is 3.95. The van der Waals surface area contributed by atoms with E-state index >= 15 is 0 Å². The van der Waals surface area contributed by atoms with Crippen LogP contribution in [0.1, 0.15) is 45.1 Å². The highest BCUT2D eigenvalue weighted by molar-refractivity contribution is 5.52. The molecule has 1 fully saturated rings. The second kappa shape index (κ2) is 6.10. The third-order valence-corrected chi connectivity index (χ3v) is 3.74. The van der Waals surface area contributed by atoms with Crippen molar-refractivity contribution in [3.8, 4) is 11.5 Å². The molecule has 0 bridgehead atoms. The number of benzene rings is 1. The predicted molar refractivity (Wildman–Crippen MR) is 77.0 cm³/mol. The quantitative estimate of drug-likeness (QED) is 0.609. The van der Waals surface area contributed by atoms with Gasteiger partial charge in [0.25, 0.3) is 0 Å². The fraction of sp³-hybridized carbons (Fsp3) is 0.562. The number of nitrogens with zero attached hydrogens (tertiary/aromatic N) is 1. The summed E-state index contributed by atoms with van der Waals surface area (Å²) >= 11 is 0. The summed E-state index contributed by atoms with van der Waals surface area (Å²) in [6.07, 6.45) is 5.60. The smallest absolute Gasteiger partial charge is 0.235 e. The Hall–Kier alpha value is -1.80. The first-order valence-electron chi connectivity index (χ1n) is 7.06. The van der Waals surface area contributed by atoms with E-state index in [0.29, 0.717) is 11.5 Å². The Morgan fingerprint density at radius 2 is 2.00 bits per heavy atom. The lowest BCUT2D eigenvalue weighted by molar-refractivity contribution is 0.222. The van der Waals surface area contributed by atoms with Crippen LogP contribution in [0.2, 0.25) is 0 Å². The van der Waals surface area contributed by atoms with E-state index in [9.17, 15) is 4.79 Å².